The van der Waals surface area contributed by atoms with Crippen molar-refractivity contribution in [1.82, 2.24) is 5.32 Å². The molecule has 2 aromatic rings. The summed E-state index contributed by atoms with van der Waals surface area (Å²) in [6.45, 7) is 11.7. The van der Waals surface area contributed by atoms with E-state index in [0.717, 1.165) is 60.1 Å². The Kier molecular flexibility index (Phi) is 7.31. The van der Waals surface area contributed by atoms with Crippen LogP contribution < -0.4 is 21.7 Å². The minimum absolute atomic E-state index is 0.241. The first-order chi connectivity index (χ1) is 15.9. The quantitative estimate of drug-likeness (QED) is 0.484. The highest BCUT2D eigenvalue weighted by Crippen LogP contribution is 2.31. The number of benzene rings is 2. The second kappa shape index (κ2) is 10.4. The minimum Gasteiger partial charge on any atom is -0.388 e. The van der Waals surface area contributed by atoms with Gasteiger partial charge in [0.2, 0.25) is 0 Å². The van der Waals surface area contributed by atoms with E-state index in [4.69, 9.17) is 10.7 Å². The molecule has 5 N–H and O–H groups in total. The van der Waals surface area contributed by atoms with Gasteiger partial charge in [0.1, 0.15) is 6.17 Å². The molecule has 0 radical (unpaired) electrons. The molecular formula is C28H37N5. The van der Waals surface area contributed by atoms with Crippen LogP contribution in [0.2, 0.25) is 0 Å². The van der Waals surface area contributed by atoms with Crippen molar-refractivity contribution in [3.63, 3.8) is 0 Å². The number of rotatable bonds is 7. The molecule has 1 atom stereocenters. The van der Waals surface area contributed by atoms with Crippen LogP contribution in [0.4, 0.5) is 11.4 Å². The molecule has 0 amide bonds. The number of hydrogen-bond donors (Lipinski definition) is 4. The van der Waals surface area contributed by atoms with E-state index in [2.05, 4.69) is 71.9 Å². The predicted octanol–water partition coefficient (Wildman–Crippen LogP) is 5.04. The van der Waals surface area contributed by atoms with Gasteiger partial charge in [-0.15, -0.1) is 0 Å². The zero-order valence-corrected chi connectivity index (χ0v) is 20.2. The lowest BCUT2D eigenvalue weighted by molar-refractivity contribution is 0.390. The molecule has 0 spiro atoms. The molecule has 1 saturated heterocycles. The lowest BCUT2D eigenvalue weighted by atomic mass is 9.91. The standard InChI is InChI=1S/C28H37N5/c1-18(2)25-14-21(5-8-26(25)30-4)27-15-22(16-28(29)33-27)24-7-6-23(13-19(24)3)32-17-20-9-11-31-12-10-20/h5-8,13-15,20,28,30-32H,1,9-12,16-17,29H2,2-4H3. The minimum atomic E-state index is -0.241. The maximum absolute atomic E-state index is 6.38. The first-order valence-corrected chi connectivity index (χ1v) is 12.0. The average Bonchev–Trinajstić information content (AvgIpc) is 2.82. The van der Waals surface area contributed by atoms with Gasteiger partial charge in [-0.1, -0.05) is 18.7 Å². The summed E-state index contributed by atoms with van der Waals surface area (Å²) in [5.41, 5.74) is 16.5. The molecule has 2 aromatic carbocycles. The molecule has 1 fully saturated rings. The van der Waals surface area contributed by atoms with Crippen LogP contribution in [0.1, 0.15) is 48.4 Å². The van der Waals surface area contributed by atoms with E-state index in [0.29, 0.717) is 0 Å². The van der Waals surface area contributed by atoms with Crippen LogP contribution in [-0.4, -0.2) is 38.6 Å². The average molecular weight is 444 g/mol. The molecule has 33 heavy (non-hydrogen) atoms. The summed E-state index contributed by atoms with van der Waals surface area (Å²) in [6, 6.07) is 13.0. The van der Waals surface area contributed by atoms with E-state index < -0.39 is 0 Å². The van der Waals surface area contributed by atoms with Crippen LogP contribution in [0.25, 0.3) is 11.1 Å². The molecule has 2 aliphatic heterocycles. The Bertz CT molecular complexity index is 1080. The van der Waals surface area contributed by atoms with Crippen LogP contribution in [0, 0.1) is 12.8 Å². The molecule has 1 unspecified atom stereocenters. The fraction of sp³-hybridized carbons (Fsp3) is 0.393. The van der Waals surface area contributed by atoms with E-state index in [1.807, 2.05) is 14.0 Å². The number of allylic oxidation sites excluding steroid dienone is 2. The Labute approximate surface area is 198 Å². The number of piperidine rings is 1. The van der Waals surface area contributed by atoms with Gasteiger partial charge in [0.25, 0.3) is 0 Å². The van der Waals surface area contributed by atoms with Gasteiger partial charge in [0.05, 0.1) is 5.71 Å². The van der Waals surface area contributed by atoms with E-state index in [1.165, 1.54) is 35.2 Å². The monoisotopic (exact) mass is 443 g/mol. The molecule has 174 valence electrons. The molecule has 4 rings (SSSR count). The van der Waals surface area contributed by atoms with Gasteiger partial charge in [-0.2, -0.15) is 0 Å². The van der Waals surface area contributed by atoms with Crippen LogP contribution in [-0.2, 0) is 0 Å². The second-order valence-electron chi connectivity index (χ2n) is 9.35. The summed E-state index contributed by atoms with van der Waals surface area (Å²) < 4.78 is 0. The Balaban J connectivity index is 1.55. The lowest BCUT2D eigenvalue weighted by Crippen LogP contribution is -2.31. The molecule has 0 bridgehead atoms. The fourth-order valence-corrected chi connectivity index (χ4v) is 4.81. The summed E-state index contributed by atoms with van der Waals surface area (Å²) >= 11 is 0. The summed E-state index contributed by atoms with van der Waals surface area (Å²) in [5, 5.41) is 10.3. The first kappa shape index (κ1) is 23.3. The Morgan fingerprint density at radius 1 is 1.18 bits per heavy atom. The second-order valence-corrected chi connectivity index (χ2v) is 9.35. The number of dihydropyridines is 1. The summed E-state index contributed by atoms with van der Waals surface area (Å²) in [5.74, 6) is 0.752. The molecule has 0 aliphatic carbocycles. The number of aryl methyl sites for hydroxylation is 1. The summed E-state index contributed by atoms with van der Waals surface area (Å²) in [6.07, 6.45) is 5.20. The highest BCUT2D eigenvalue weighted by Gasteiger charge is 2.19. The maximum Gasteiger partial charge on any atom is 0.102 e. The smallest absolute Gasteiger partial charge is 0.102 e. The highest BCUT2D eigenvalue weighted by atomic mass is 14.9. The van der Waals surface area contributed by atoms with Gasteiger partial charge in [0, 0.05) is 42.5 Å². The molecule has 2 aliphatic rings. The molecular weight excluding hydrogens is 406 g/mol. The third kappa shape index (κ3) is 5.55. The van der Waals surface area contributed by atoms with E-state index in [1.54, 1.807) is 0 Å². The Hall–Kier alpha value is -2.89. The Morgan fingerprint density at radius 3 is 2.67 bits per heavy atom. The van der Waals surface area contributed by atoms with Crippen molar-refractivity contribution in [3.05, 3.63) is 71.3 Å². The van der Waals surface area contributed by atoms with Gasteiger partial charge >= 0.3 is 0 Å². The number of hydrogen-bond acceptors (Lipinski definition) is 5. The van der Waals surface area contributed by atoms with Crippen molar-refractivity contribution in [2.24, 2.45) is 16.6 Å². The van der Waals surface area contributed by atoms with Gasteiger partial charge in [-0.25, -0.2) is 0 Å². The van der Waals surface area contributed by atoms with Crippen molar-refractivity contribution in [2.75, 3.05) is 37.3 Å². The molecule has 5 heteroatoms. The number of nitrogens with two attached hydrogens (primary N) is 1. The van der Waals surface area contributed by atoms with Crippen molar-refractivity contribution in [2.45, 2.75) is 39.3 Å². The van der Waals surface area contributed by atoms with Crippen molar-refractivity contribution in [1.29, 1.82) is 0 Å². The van der Waals surface area contributed by atoms with Crippen LogP contribution in [0.15, 0.2) is 54.0 Å². The summed E-state index contributed by atoms with van der Waals surface area (Å²) in [7, 11) is 1.93. The number of aliphatic imine (C=N–C) groups is 1. The van der Waals surface area contributed by atoms with Crippen LogP contribution >= 0.6 is 0 Å². The zero-order chi connectivity index (χ0) is 23.4. The van der Waals surface area contributed by atoms with Crippen LogP contribution in [0.5, 0.6) is 0 Å². The maximum atomic E-state index is 6.38. The molecule has 2 heterocycles. The predicted molar refractivity (Wildman–Crippen MR) is 143 cm³/mol. The largest absolute Gasteiger partial charge is 0.388 e. The zero-order valence-electron chi connectivity index (χ0n) is 20.2. The van der Waals surface area contributed by atoms with Crippen molar-refractivity contribution in [3.8, 4) is 0 Å². The highest BCUT2D eigenvalue weighted by molar-refractivity contribution is 6.14. The van der Waals surface area contributed by atoms with E-state index >= 15 is 0 Å². The normalized spacial score (nSPS) is 19.0. The number of nitrogens with zero attached hydrogens (tertiary/aromatic N) is 1. The van der Waals surface area contributed by atoms with Gasteiger partial charge in [0.15, 0.2) is 0 Å². The van der Waals surface area contributed by atoms with E-state index in [-0.39, 0.29) is 6.17 Å². The number of nitrogens with one attached hydrogen (secondary N) is 3. The van der Waals surface area contributed by atoms with Gasteiger partial charge < -0.3 is 21.7 Å². The molecule has 0 saturated carbocycles. The van der Waals surface area contributed by atoms with Crippen molar-refractivity contribution >= 4 is 28.2 Å². The summed E-state index contributed by atoms with van der Waals surface area (Å²) in [4.78, 5) is 4.76. The third-order valence-corrected chi connectivity index (χ3v) is 6.72. The van der Waals surface area contributed by atoms with Gasteiger partial charge in [-0.3, -0.25) is 4.99 Å². The Morgan fingerprint density at radius 2 is 1.97 bits per heavy atom. The SMILES string of the molecule is C=C(C)c1cc(C2=NC(N)CC(c3ccc(NCC4CCNCC4)cc3C)=C2)ccc1NC. The fourth-order valence-electron chi connectivity index (χ4n) is 4.81. The van der Waals surface area contributed by atoms with Crippen molar-refractivity contribution < 1.29 is 0 Å². The third-order valence-electron chi connectivity index (χ3n) is 6.72. The van der Waals surface area contributed by atoms with E-state index in [9.17, 15) is 0 Å². The number of anilines is 2. The topological polar surface area (TPSA) is 74.5 Å². The lowest BCUT2D eigenvalue weighted by Gasteiger charge is -2.24. The molecule has 5 nitrogen and oxygen atoms in total. The molecule has 0 aromatic heterocycles. The first-order valence-electron chi connectivity index (χ1n) is 12.0. The van der Waals surface area contributed by atoms with Gasteiger partial charge in [-0.05, 0) is 98.3 Å². The van der Waals surface area contributed by atoms with Crippen LogP contribution in [0.3, 0.4) is 0 Å².